The first-order chi connectivity index (χ1) is 10.5. The first-order valence-corrected chi connectivity index (χ1v) is 7.78. The molecule has 1 aromatic rings. The lowest BCUT2D eigenvalue weighted by Gasteiger charge is -2.33. The molecule has 5 nitrogen and oxygen atoms in total. The number of piperidine rings is 1. The van der Waals surface area contributed by atoms with Crippen molar-refractivity contribution in [2.24, 2.45) is 0 Å². The Bertz CT molecular complexity index is 511. The van der Waals surface area contributed by atoms with Crippen molar-refractivity contribution >= 4 is 6.09 Å². The third kappa shape index (κ3) is 3.91. The van der Waals surface area contributed by atoms with E-state index < -0.39 is 0 Å². The molecule has 1 aliphatic heterocycles. The maximum atomic E-state index is 11.5. The van der Waals surface area contributed by atoms with Gasteiger partial charge in [0.05, 0.1) is 14.2 Å². The summed E-state index contributed by atoms with van der Waals surface area (Å²) in [6.45, 7) is 5.72. The highest BCUT2D eigenvalue weighted by atomic mass is 16.5. The molecule has 1 N–H and O–H groups in total. The Balaban J connectivity index is 1.95. The number of likely N-dealkylation sites (tertiary alicyclic amines) is 1. The smallest absolute Gasteiger partial charge is 0.409 e. The Morgan fingerprint density at radius 3 is 2.59 bits per heavy atom. The summed E-state index contributed by atoms with van der Waals surface area (Å²) in [7, 11) is 3.13. The third-order valence-electron chi connectivity index (χ3n) is 4.27. The van der Waals surface area contributed by atoms with Crippen LogP contribution in [0.1, 0.15) is 36.9 Å². The van der Waals surface area contributed by atoms with Crippen LogP contribution in [0.4, 0.5) is 4.79 Å². The maximum Gasteiger partial charge on any atom is 0.409 e. The van der Waals surface area contributed by atoms with Gasteiger partial charge in [0.25, 0.3) is 0 Å². The van der Waals surface area contributed by atoms with Gasteiger partial charge in [-0.25, -0.2) is 4.79 Å². The first-order valence-electron chi connectivity index (χ1n) is 7.78. The van der Waals surface area contributed by atoms with E-state index in [0.717, 1.165) is 31.7 Å². The lowest BCUT2D eigenvalue weighted by atomic mass is 10.00. The van der Waals surface area contributed by atoms with Crippen LogP contribution in [0.15, 0.2) is 18.2 Å². The number of hydrogen-bond acceptors (Lipinski definition) is 4. The Kier molecular flexibility index (Phi) is 5.66. The van der Waals surface area contributed by atoms with Crippen molar-refractivity contribution in [3.63, 3.8) is 0 Å². The second-order valence-electron chi connectivity index (χ2n) is 5.87. The molecule has 1 aliphatic rings. The molecule has 0 aliphatic carbocycles. The number of ether oxygens (including phenoxy) is 2. The molecule has 0 saturated carbocycles. The van der Waals surface area contributed by atoms with Crippen molar-refractivity contribution in [2.75, 3.05) is 27.3 Å². The van der Waals surface area contributed by atoms with E-state index in [2.05, 4.69) is 31.3 Å². The van der Waals surface area contributed by atoms with Crippen LogP contribution in [-0.2, 0) is 4.74 Å². The number of amides is 1. The normalized spacial score (nSPS) is 17.2. The summed E-state index contributed by atoms with van der Waals surface area (Å²) in [6.07, 6.45) is 1.65. The van der Waals surface area contributed by atoms with Crippen molar-refractivity contribution in [2.45, 2.75) is 38.8 Å². The number of methoxy groups -OCH3 is 2. The van der Waals surface area contributed by atoms with E-state index in [1.807, 2.05) is 6.07 Å². The van der Waals surface area contributed by atoms with Crippen LogP contribution in [0, 0.1) is 6.92 Å². The monoisotopic (exact) mass is 306 g/mol. The zero-order valence-corrected chi connectivity index (χ0v) is 13.9. The molecular formula is C17H26N2O3. The minimum Gasteiger partial charge on any atom is -0.496 e. The molecule has 1 fully saturated rings. The van der Waals surface area contributed by atoms with E-state index in [1.165, 1.54) is 18.2 Å². The molecule has 1 aromatic carbocycles. The fraction of sp³-hybridized carbons (Fsp3) is 0.588. The molecule has 0 radical (unpaired) electrons. The van der Waals surface area contributed by atoms with Gasteiger partial charge >= 0.3 is 6.09 Å². The molecule has 0 aromatic heterocycles. The fourth-order valence-electron chi connectivity index (χ4n) is 2.99. The van der Waals surface area contributed by atoms with Gasteiger partial charge in [-0.15, -0.1) is 0 Å². The average Bonchev–Trinajstić information content (AvgIpc) is 2.54. The highest BCUT2D eigenvalue weighted by molar-refractivity contribution is 5.67. The number of carbonyl (C=O) groups excluding carboxylic acids is 1. The molecule has 122 valence electrons. The van der Waals surface area contributed by atoms with Crippen LogP contribution in [0.25, 0.3) is 0 Å². The lowest BCUT2D eigenvalue weighted by molar-refractivity contribution is 0.109. The predicted octanol–water partition coefficient (Wildman–Crippen LogP) is 2.89. The zero-order valence-electron chi connectivity index (χ0n) is 13.9. The maximum absolute atomic E-state index is 11.5. The summed E-state index contributed by atoms with van der Waals surface area (Å²) in [5.41, 5.74) is 2.41. The molecule has 5 heteroatoms. The standard InChI is InChI=1S/C17H26N2O3/c1-12-5-6-16(21-3)15(11-12)13(2)18-14-7-9-19(10-8-14)17(20)22-4/h5-6,11,13-14,18H,7-10H2,1-4H3/t13-/m0/s1. The van der Waals surface area contributed by atoms with E-state index in [9.17, 15) is 4.79 Å². The van der Waals surface area contributed by atoms with E-state index >= 15 is 0 Å². The second-order valence-corrected chi connectivity index (χ2v) is 5.87. The van der Waals surface area contributed by atoms with Crippen molar-refractivity contribution in [3.05, 3.63) is 29.3 Å². The van der Waals surface area contributed by atoms with Crippen LogP contribution in [-0.4, -0.2) is 44.3 Å². The van der Waals surface area contributed by atoms with Gasteiger partial charge in [0.1, 0.15) is 5.75 Å². The molecule has 0 bridgehead atoms. The highest BCUT2D eigenvalue weighted by Crippen LogP contribution is 2.27. The molecular weight excluding hydrogens is 280 g/mol. The summed E-state index contributed by atoms with van der Waals surface area (Å²) in [5.74, 6) is 0.914. The summed E-state index contributed by atoms with van der Waals surface area (Å²) in [6, 6.07) is 6.86. The Hall–Kier alpha value is -1.75. The molecule has 2 rings (SSSR count). The van der Waals surface area contributed by atoms with Gasteiger partial charge in [-0.3, -0.25) is 0 Å². The number of nitrogens with one attached hydrogen (secondary N) is 1. The zero-order chi connectivity index (χ0) is 16.1. The van der Waals surface area contributed by atoms with E-state index in [1.54, 1.807) is 12.0 Å². The van der Waals surface area contributed by atoms with Gasteiger partial charge in [0, 0.05) is 30.7 Å². The molecule has 1 amide bonds. The van der Waals surface area contributed by atoms with Gasteiger partial charge < -0.3 is 19.7 Å². The molecule has 0 unspecified atom stereocenters. The fourth-order valence-corrected chi connectivity index (χ4v) is 2.99. The predicted molar refractivity (Wildman–Crippen MR) is 86.3 cm³/mol. The topological polar surface area (TPSA) is 50.8 Å². The Morgan fingerprint density at radius 1 is 1.32 bits per heavy atom. The van der Waals surface area contributed by atoms with Crippen LogP contribution in [0.3, 0.4) is 0 Å². The van der Waals surface area contributed by atoms with Gasteiger partial charge in [-0.05, 0) is 32.8 Å². The van der Waals surface area contributed by atoms with Gasteiger partial charge in [-0.2, -0.15) is 0 Å². The van der Waals surface area contributed by atoms with Gasteiger partial charge in [0.2, 0.25) is 0 Å². The van der Waals surface area contributed by atoms with Crippen LogP contribution < -0.4 is 10.1 Å². The number of aryl methyl sites for hydroxylation is 1. The summed E-state index contributed by atoms with van der Waals surface area (Å²) >= 11 is 0. The quantitative estimate of drug-likeness (QED) is 0.929. The first kappa shape index (κ1) is 16.6. The highest BCUT2D eigenvalue weighted by Gasteiger charge is 2.24. The van der Waals surface area contributed by atoms with Crippen molar-refractivity contribution < 1.29 is 14.3 Å². The number of rotatable bonds is 4. The molecule has 1 atom stereocenters. The number of benzene rings is 1. The third-order valence-corrected chi connectivity index (χ3v) is 4.27. The SMILES string of the molecule is COC(=O)N1CCC(N[C@@H](C)c2cc(C)ccc2OC)CC1. The van der Waals surface area contributed by atoms with Crippen LogP contribution in [0.5, 0.6) is 5.75 Å². The minimum atomic E-state index is -0.230. The van der Waals surface area contributed by atoms with Crippen molar-refractivity contribution in [1.82, 2.24) is 10.2 Å². The largest absolute Gasteiger partial charge is 0.496 e. The Labute approximate surface area is 132 Å². The number of carbonyl (C=O) groups is 1. The lowest BCUT2D eigenvalue weighted by Crippen LogP contribution is -2.45. The molecule has 0 spiro atoms. The van der Waals surface area contributed by atoms with E-state index in [-0.39, 0.29) is 12.1 Å². The number of nitrogens with zero attached hydrogens (tertiary/aromatic N) is 1. The van der Waals surface area contributed by atoms with Gasteiger partial charge in [-0.1, -0.05) is 17.7 Å². The molecule has 1 heterocycles. The molecule has 1 saturated heterocycles. The molecule has 22 heavy (non-hydrogen) atoms. The van der Waals surface area contributed by atoms with Crippen LogP contribution >= 0.6 is 0 Å². The average molecular weight is 306 g/mol. The summed E-state index contributed by atoms with van der Waals surface area (Å²) in [5, 5.41) is 3.66. The Morgan fingerprint density at radius 2 is 2.00 bits per heavy atom. The van der Waals surface area contributed by atoms with E-state index in [4.69, 9.17) is 9.47 Å². The van der Waals surface area contributed by atoms with Crippen molar-refractivity contribution in [3.8, 4) is 5.75 Å². The van der Waals surface area contributed by atoms with Crippen LogP contribution in [0.2, 0.25) is 0 Å². The number of hydrogen-bond donors (Lipinski definition) is 1. The van der Waals surface area contributed by atoms with Gasteiger partial charge in [0.15, 0.2) is 0 Å². The second kappa shape index (κ2) is 7.49. The minimum absolute atomic E-state index is 0.213. The van der Waals surface area contributed by atoms with E-state index in [0.29, 0.717) is 6.04 Å². The summed E-state index contributed by atoms with van der Waals surface area (Å²) in [4.78, 5) is 13.3. The summed E-state index contributed by atoms with van der Waals surface area (Å²) < 4.78 is 10.2. The van der Waals surface area contributed by atoms with Crippen molar-refractivity contribution in [1.29, 1.82) is 0 Å².